The third kappa shape index (κ3) is 2.93. The zero-order chi connectivity index (χ0) is 12.1. The zero-order valence-electron chi connectivity index (χ0n) is 9.90. The molecule has 2 aromatic rings. The Labute approximate surface area is 100 Å². The molecule has 4 heteroatoms. The number of rotatable bonds is 5. The molecule has 1 aromatic carbocycles. The summed E-state index contributed by atoms with van der Waals surface area (Å²) in [6, 6.07) is 7.60. The number of ether oxygens (including phenoxy) is 2. The second-order valence-electron chi connectivity index (χ2n) is 3.59. The molecule has 0 bridgehead atoms. The van der Waals surface area contributed by atoms with Crippen LogP contribution in [0.3, 0.4) is 0 Å². The predicted molar refractivity (Wildman–Crippen MR) is 65.6 cm³/mol. The molecule has 90 valence electrons. The van der Waals surface area contributed by atoms with E-state index in [-0.39, 0.29) is 0 Å². The Morgan fingerprint density at radius 1 is 1.12 bits per heavy atom. The maximum Gasteiger partial charge on any atom is 0.124 e. The van der Waals surface area contributed by atoms with Gasteiger partial charge in [0, 0.05) is 36.0 Å². The summed E-state index contributed by atoms with van der Waals surface area (Å²) in [7, 11) is 3.27. The van der Waals surface area contributed by atoms with Crippen molar-refractivity contribution in [2.24, 2.45) is 0 Å². The first-order chi connectivity index (χ1) is 8.31. The van der Waals surface area contributed by atoms with Crippen LogP contribution in [-0.4, -0.2) is 14.2 Å². The van der Waals surface area contributed by atoms with Crippen molar-refractivity contribution in [2.75, 3.05) is 19.5 Å². The van der Waals surface area contributed by atoms with Gasteiger partial charge in [0.05, 0.1) is 26.7 Å². The summed E-state index contributed by atoms with van der Waals surface area (Å²) in [4.78, 5) is 0. The van der Waals surface area contributed by atoms with Gasteiger partial charge in [-0.05, 0) is 6.07 Å². The van der Waals surface area contributed by atoms with Crippen LogP contribution in [0.4, 0.5) is 5.69 Å². The monoisotopic (exact) mass is 233 g/mol. The molecule has 0 atom stereocenters. The Kier molecular flexibility index (Phi) is 3.55. The smallest absolute Gasteiger partial charge is 0.124 e. The second kappa shape index (κ2) is 5.30. The molecule has 2 rings (SSSR count). The number of anilines is 1. The molecule has 1 heterocycles. The maximum atomic E-state index is 5.20. The average Bonchev–Trinajstić information content (AvgIpc) is 2.89. The van der Waals surface area contributed by atoms with Gasteiger partial charge >= 0.3 is 0 Å². The number of hydrogen-bond acceptors (Lipinski definition) is 4. The van der Waals surface area contributed by atoms with Crippen molar-refractivity contribution in [1.29, 1.82) is 0 Å². The molecule has 0 aliphatic heterocycles. The molecule has 0 unspecified atom stereocenters. The van der Waals surface area contributed by atoms with Crippen LogP contribution in [0.25, 0.3) is 0 Å². The molecule has 0 saturated carbocycles. The van der Waals surface area contributed by atoms with Crippen LogP contribution in [0.15, 0.2) is 41.2 Å². The minimum atomic E-state index is 0.701. The van der Waals surface area contributed by atoms with E-state index >= 15 is 0 Å². The first-order valence-corrected chi connectivity index (χ1v) is 5.30. The summed E-state index contributed by atoms with van der Waals surface area (Å²) in [6.45, 7) is 0.701. The van der Waals surface area contributed by atoms with Crippen molar-refractivity contribution < 1.29 is 13.9 Å². The number of furan rings is 1. The van der Waals surface area contributed by atoms with Gasteiger partial charge in [0.15, 0.2) is 0 Å². The number of benzene rings is 1. The van der Waals surface area contributed by atoms with Crippen LogP contribution < -0.4 is 14.8 Å². The van der Waals surface area contributed by atoms with Crippen LogP contribution >= 0.6 is 0 Å². The maximum absolute atomic E-state index is 5.20. The molecule has 1 N–H and O–H groups in total. The SMILES string of the molecule is COc1cc(NCc2ccoc2)cc(OC)c1. The molecule has 0 radical (unpaired) electrons. The van der Waals surface area contributed by atoms with Gasteiger partial charge in [-0.3, -0.25) is 0 Å². The van der Waals surface area contributed by atoms with Crippen molar-refractivity contribution in [3.8, 4) is 11.5 Å². The minimum Gasteiger partial charge on any atom is -0.497 e. The molecule has 0 spiro atoms. The van der Waals surface area contributed by atoms with Crippen LogP contribution in [0.5, 0.6) is 11.5 Å². The van der Waals surface area contributed by atoms with Crippen molar-refractivity contribution >= 4 is 5.69 Å². The van der Waals surface area contributed by atoms with Gasteiger partial charge in [-0.1, -0.05) is 0 Å². The standard InChI is InChI=1S/C13H15NO3/c1-15-12-5-11(6-13(7-12)16-2)14-8-10-3-4-17-9-10/h3-7,9,14H,8H2,1-2H3. The Balaban J connectivity index is 2.09. The molecule has 0 aliphatic rings. The highest BCUT2D eigenvalue weighted by molar-refractivity contribution is 5.53. The van der Waals surface area contributed by atoms with Crippen molar-refractivity contribution in [3.05, 3.63) is 42.4 Å². The summed E-state index contributed by atoms with van der Waals surface area (Å²) in [5.74, 6) is 1.53. The summed E-state index contributed by atoms with van der Waals surface area (Å²) >= 11 is 0. The number of hydrogen-bond donors (Lipinski definition) is 1. The highest BCUT2D eigenvalue weighted by atomic mass is 16.5. The Morgan fingerprint density at radius 2 is 1.82 bits per heavy atom. The Morgan fingerprint density at radius 3 is 2.35 bits per heavy atom. The van der Waals surface area contributed by atoms with E-state index in [0.717, 1.165) is 22.7 Å². The van der Waals surface area contributed by atoms with Gasteiger partial charge in [-0.2, -0.15) is 0 Å². The van der Waals surface area contributed by atoms with Gasteiger partial charge in [-0.25, -0.2) is 0 Å². The molecular formula is C13H15NO3. The number of nitrogens with one attached hydrogen (secondary N) is 1. The van der Waals surface area contributed by atoms with Gasteiger partial charge in [0.2, 0.25) is 0 Å². The minimum absolute atomic E-state index is 0.701. The third-order valence-corrected chi connectivity index (χ3v) is 2.43. The first-order valence-electron chi connectivity index (χ1n) is 5.30. The Bertz CT molecular complexity index is 443. The second-order valence-corrected chi connectivity index (χ2v) is 3.59. The fourth-order valence-corrected chi connectivity index (χ4v) is 1.51. The molecule has 0 saturated heterocycles. The fraction of sp³-hybridized carbons (Fsp3) is 0.231. The van der Waals surface area contributed by atoms with Gasteiger partial charge < -0.3 is 19.2 Å². The van der Waals surface area contributed by atoms with Gasteiger partial charge in [0.1, 0.15) is 11.5 Å². The number of methoxy groups -OCH3 is 2. The molecule has 0 fully saturated rings. The molecule has 0 amide bonds. The van der Waals surface area contributed by atoms with E-state index in [0.29, 0.717) is 6.54 Å². The summed E-state index contributed by atoms with van der Waals surface area (Å²) < 4.78 is 15.4. The van der Waals surface area contributed by atoms with Crippen LogP contribution in [0, 0.1) is 0 Å². The first kappa shape index (κ1) is 11.4. The van der Waals surface area contributed by atoms with E-state index in [1.54, 1.807) is 26.7 Å². The molecular weight excluding hydrogens is 218 g/mol. The van der Waals surface area contributed by atoms with Crippen molar-refractivity contribution in [1.82, 2.24) is 0 Å². The fourth-order valence-electron chi connectivity index (χ4n) is 1.51. The van der Waals surface area contributed by atoms with Crippen LogP contribution in [0.1, 0.15) is 5.56 Å². The lowest BCUT2D eigenvalue weighted by Crippen LogP contribution is -1.99. The summed E-state index contributed by atoms with van der Waals surface area (Å²) in [5, 5.41) is 3.28. The molecule has 17 heavy (non-hydrogen) atoms. The van der Waals surface area contributed by atoms with E-state index < -0.39 is 0 Å². The largest absolute Gasteiger partial charge is 0.497 e. The van der Waals surface area contributed by atoms with E-state index in [2.05, 4.69) is 5.32 Å². The van der Waals surface area contributed by atoms with E-state index in [1.165, 1.54) is 0 Å². The van der Waals surface area contributed by atoms with E-state index in [1.807, 2.05) is 24.3 Å². The van der Waals surface area contributed by atoms with Crippen LogP contribution in [0.2, 0.25) is 0 Å². The lowest BCUT2D eigenvalue weighted by molar-refractivity contribution is 0.394. The van der Waals surface area contributed by atoms with Crippen molar-refractivity contribution in [3.63, 3.8) is 0 Å². The topological polar surface area (TPSA) is 43.6 Å². The highest BCUT2D eigenvalue weighted by Crippen LogP contribution is 2.26. The zero-order valence-corrected chi connectivity index (χ0v) is 9.90. The third-order valence-electron chi connectivity index (χ3n) is 2.43. The molecule has 4 nitrogen and oxygen atoms in total. The quantitative estimate of drug-likeness (QED) is 0.862. The van der Waals surface area contributed by atoms with Crippen LogP contribution in [-0.2, 0) is 6.54 Å². The van der Waals surface area contributed by atoms with Gasteiger partial charge in [0.25, 0.3) is 0 Å². The lowest BCUT2D eigenvalue weighted by Gasteiger charge is -2.09. The highest BCUT2D eigenvalue weighted by Gasteiger charge is 2.02. The predicted octanol–water partition coefficient (Wildman–Crippen LogP) is 2.91. The van der Waals surface area contributed by atoms with E-state index in [4.69, 9.17) is 13.9 Å². The summed E-state index contributed by atoms with van der Waals surface area (Å²) in [6.07, 6.45) is 3.37. The van der Waals surface area contributed by atoms with Gasteiger partial charge in [-0.15, -0.1) is 0 Å². The summed E-state index contributed by atoms with van der Waals surface area (Å²) in [5.41, 5.74) is 2.04. The molecule has 0 aliphatic carbocycles. The van der Waals surface area contributed by atoms with E-state index in [9.17, 15) is 0 Å². The average molecular weight is 233 g/mol. The normalized spacial score (nSPS) is 10.0. The Hall–Kier alpha value is -2.10. The lowest BCUT2D eigenvalue weighted by atomic mass is 10.2. The molecule has 1 aromatic heterocycles. The van der Waals surface area contributed by atoms with Crippen molar-refractivity contribution in [2.45, 2.75) is 6.54 Å².